The third kappa shape index (κ3) is 2.00. The first kappa shape index (κ1) is 13.8. The van der Waals surface area contributed by atoms with Gasteiger partial charge in [-0.1, -0.05) is 0 Å². The summed E-state index contributed by atoms with van der Waals surface area (Å²) in [7, 11) is 0. The lowest BCUT2D eigenvalue weighted by Crippen LogP contribution is -2.47. The summed E-state index contributed by atoms with van der Waals surface area (Å²) in [5.41, 5.74) is -9.23. The lowest BCUT2D eigenvalue weighted by molar-refractivity contribution is -0.155. The maximum Gasteiger partial charge on any atom is 0.419 e. The van der Waals surface area contributed by atoms with E-state index >= 15 is 0 Å². The van der Waals surface area contributed by atoms with Crippen molar-refractivity contribution >= 4 is 0 Å². The molecule has 1 aliphatic rings. The van der Waals surface area contributed by atoms with Crippen LogP contribution in [-0.4, -0.2) is 18.3 Å². The molecule has 98 valence electrons. The third-order valence-electron chi connectivity index (χ3n) is 1.88. The first-order chi connectivity index (χ1) is 7.31. The Morgan fingerprint density at radius 3 is 1.47 bits per heavy atom. The summed E-state index contributed by atoms with van der Waals surface area (Å²) in [5, 5.41) is 0. The van der Waals surface area contributed by atoms with Crippen LogP contribution in [-0.2, 0) is 0 Å². The molecule has 0 aliphatic heterocycles. The summed E-state index contributed by atoms with van der Waals surface area (Å²) in [6.45, 7) is 0. The maximum absolute atomic E-state index is 12.6. The first-order valence-corrected chi connectivity index (χ1v) is 3.64. The fourth-order valence-corrected chi connectivity index (χ4v) is 1.32. The van der Waals surface area contributed by atoms with Gasteiger partial charge in [-0.25, -0.2) is 0 Å². The van der Waals surface area contributed by atoms with Gasteiger partial charge in [0.15, 0.2) is 0 Å². The Balaban J connectivity index is 3.59. The molecule has 0 aromatic heterocycles. The Morgan fingerprint density at radius 2 is 1.24 bits per heavy atom. The second-order valence-corrected chi connectivity index (χ2v) is 2.96. The maximum atomic E-state index is 12.6. The van der Waals surface area contributed by atoms with Crippen molar-refractivity contribution in [2.24, 2.45) is 0 Å². The van der Waals surface area contributed by atoms with E-state index in [0.29, 0.717) is 0 Å². The van der Waals surface area contributed by atoms with Gasteiger partial charge in [0.2, 0.25) is 0 Å². The highest BCUT2D eigenvalue weighted by molar-refractivity contribution is 5.61. The van der Waals surface area contributed by atoms with E-state index < -0.39 is 41.1 Å². The van der Waals surface area contributed by atoms with Gasteiger partial charge in [0.05, 0.1) is 5.57 Å². The van der Waals surface area contributed by atoms with E-state index in [4.69, 9.17) is 0 Å². The molecule has 1 aliphatic carbocycles. The second-order valence-electron chi connectivity index (χ2n) is 2.96. The number of alkyl halides is 8. The summed E-state index contributed by atoms with van der Waals surface area (Å²) in [6.07, 6.45) is -15.5. The molecule has 0 aromatic carbocycles. The predicted molar refractivity (Wildman–Crippen MR) is 33.3 cm³/mol. The van der Waals surface area contributed by atoms with Crippen molar-refractivity contribution in [3.05, 3.63) is 22.8 Å². The molecule has 0 unspecified atom stereocenters. The van der Waals surface area contributed by atoms with Gasteiger partial charge >= 0.3 is 18.3 Å². The molecule has 0 saturated carbocycles. The van der Waals surface area contributed by atoms with Gasteiger partial charge < -0.3 is 0 Å². The SMILES string of the molecule is FC(F)=C1C(C(F)(F)F)=C(C(F)(F)F)C1(F)F. The highest BCUT2D eigenvalue weighted by Gasteiger charge is 2.69. The van der Waals surface area contributed by atoms with E-state index in [9.17, 15) is 43.9 Å². The largest absolute Gasteiger partial charge is 0.419 e. The van der Waals surface area contributed by atoms with Crippen molar-refractivity contribution < 1.29 is 43.9 Å². The molecule has 0 atom stereocenters. The molecule has 0 bridgehead atoms. The van der Waals surface area contributed by atoms with Crippen molar-refractivity contribution in [2.75, 3.05) is 0 Å². The van der Waals surface area contributed by atoms with E-state index in [1.807, 2.05) is 0 Å². The lowest BCUT2D eigenvalue weighted by atomic mass is 9.78. The molecule has 10 heteroatoms. The molecule has 0 nitrogen and oxygen atoms in total. The molecule has 17 heavy (non-hydrogen) atoms. The van der Waals surface area contributed by atoms with Crippen LogP contribution in [0.1, 0.15) is 0 Å². The third-order valence-corrected chi connectivity index (χ3v) is 1.88. The Kier molecular flexibility index (Phi) is 2.76. The van der Waals surface area contributed by atoms with Crippen LogP contribution in [0, 0.1) is 0 Å². The van der Waals surface area contributed by atoms with Gasteiger partial charge in [0.25, 0.3) is 6.08 Å². The summed E-state index contributed by atoms with van der Waals surface area (Å²) in [5.74, 6) is -5.35. The van der Waals surface area contributed by atoms with Crippen molar-refractivity contribution in [3.63, 3.8) is 0 Å². The van der Waals surface area contributed by atoms with Crippen LogP contribution in [0.25, 0.3) is 0 Å². The van der Waals surface area contributed by atoms with Crippen LogP contribution in [0.5, 0.6) is 0 Å². The standard InChI is InChI=1S/C7F10/c8-4(9)2-1(6(12,13)14)3(5(2,10)11)7(15,16)17. The average Bonchev–Trinajstić information content (AvgIpc) is 1.93. The number of hydrogen-bond acceptors (Lipinski definition) is 0. The number of rotatable bonds is 0. The normalized spacial score (nSPS) is 20.5. The first-order valence-electron chi connectivity index (χ1n) is 3.64. The minimum atomic E-state index is -6.03. The highest BCUT2D eigenvalue weighted by Crippen LogP contribution is 2.60. The predicted octanol–water partition coefficient (Wildman–Crippen LogP) is 4.21. The molecule has 0 radical (unpaired) electrons. The molecule has 0 fully saturated rings. The van der Waals surface area contributed by atoms with Crippen LogP contribution in [0.15, 0.2) is 22.8 Å². The van der Waals surface area contributed by atoms with Gasteiger partial charge in [-0.2, -0.15) is 43.9 Å². The highest BCUT2D eigenvalue weighted by atomic mass is 19.4. The van der Waals surface area contributed by atoms with Gasteiger partial charge in [0, 0.05) is 0 Å². The Hall–Kier alpha value is -1.22. The van der Waals surface area contributed by atoms with Crippen molar-refractivity contribution in [3.8, 4) is 0 Å². The van der Waals surface area contributed by atoms with E-state index in [1.54, 1.807) is 0 Å². The minimum absolute atomic E-state index is 2.92. The van der Waals surface area contributed by atoms with Crippen LogP contribution in [0.2, 0.25) is 0 Å². The van der Waals surface area contributed by atoms with E-state index in [0.717, 1.165) is 0 Å². The van der Waals surface area contributed by atoms with Crippen molar-refractivity contribution in [2.45, 2.75) is 18.3 Å². The molecule has 0 heterocycles. The Morgan fingerprint density at radius 1 is 0.824 bits per heavy atom. The number of hydrogen-bond donors (Lipinski definition) is 0. The van der Waals surface area contributed by atoms with Crippen LogP contribution >= 0.6 is 0 Å². The molecular weight excluding hydrogens is 274 g/mol. The summed E-state index contributed by atoms with van der Waals surface area (Å²) < 4.78 is 120. The smallest absolute Gasteiger partial charge is 0.196 e. The van der Waals surface area contributed by atoms with Crippen molar-refractivity contribution in [1.82, 2.24) is 0 Å². The quantitative estimate of drug-likeness (QED) is 0.580. The van der Waals surface area contributed by atoms with E-state index in [1.165, 1.54) is 0 Å². The number of halogens is 10. The van der Waals surface area contributed by atoms with E-state index in [2.05, 4.69) is 0 Å². The molecule has 1 rings (SSSR count). The minimum Gasteiger partial charge on any atom is -0.196 e. The summed E-state index contributed by atoms with van der Waals surface area (Å²) in [4.78, 5) is 0. The molecule has 0 N–H and O–H groups in total. The van der Waals surface area contributed by atoms with Crippen LogP contribution < -0.4 is 0 Å². The second kappa shape index (κ2) is 3.39. The van der Waals surface area contributed by atoms with E-state index in [-0.39, 0.29) is 0 Å². The van der Waals surface area contributed by atoms with Crippen molar-refractivity contribution in [1.29, 1.82) is 0 Å². The molecule has 0 saturated heterocycles. The fourth-order valence-electron chi connectivity index (χ4n) is 1.32. The summed E-state index contributed by atoms with van der Waals surface area (Å²) >= 11 is 0. The molecule has 0 aromatic rings. The summed E-state index contributed by atoms with van der Waals surface area (Å²) in [6, 6.07) is 0. The lowest BCUT2D eigenvalue weighted by Gasteiger charge is -2.36. The zero-order chi connectivity index (χ0) is 13.8. The van der Waals surface area contributed by atoms with Gasteiger partial charge in [-0.05, 0) is 0 Å². The van der Waals surface area contributed by atoms with Crippen LogP contribution in [0.3, 0.4) is 0 Å². The van der Waals surface area contributed by atoms with Gasteiger partial charge in [-0.15, -0.1) is 0 Å². The van der Waals surface area contributed by atoms with Crippen LogP contribution in [0.4, 0.5) is 43.9 Å². The van der Waals surface area contributed by atoms with Gasteiger partial charge in [-0.3, -0.25) is 0 Å². The fraction of sp³-hybridized carbons (Fsp3) is 0.429. The topological polar surface area (TPSA) is 0 Å². The molecular formula is C7F10. The molecule has 0 amide bonds. The molecule has 0 spiro atoms. The number of allylic oxidation sites excluding steroid dienone is 3. The average molecular weight is 274 g/mol. The monoisotopic (exact) mass is 274 g/mol. The van der Waals surface area contributed by atoms with Gasteiger partial charge in [0.1, 0.15) is 11.1 Å². The Bertz CT molecular complexity index is 399. The zero-order valence-electron chi connectivity index (χ0n) is 7.28. The zero-order valence-corrected chi connectivity index (χ0v) is 7.28. The Labute approximate surface area is 86.2 Å².